The van der Waals surface area contributed by atoms with Crippen molar-refractivity contribution in [1.82, 2.24) is 25.1 Å². The molecule has 8 nitrogen and oxygen atoms in total. The van der Waals surface area contributed by atoms with E-state index in [0.717, 1.165) is 18.4 Å². The molecule has 1 N–H and O–H groups in total. The Labute approximate surface area is 190 Å². The summed E-state index contributed by atoms with van der Waals surface area (Å²) in [6.07, 6.45) is 3.25. The maximum Gasteiger partial charge on any atom is 0.258 e. The van der Waals surface area contributed by atoms with Crippen LogP contribution in [0.15, 0.2) is 63.8 Å². The third-order valence-corrected chi connectivity index (χ3v) is 6.12. The Balaban J connectivity index is 1.12. The van der Waals surface area contributed by atoms with Crippen molar-refractivity contribution in [2.45, 2.75) is 38.0 Å². The second-order valence-corrected chi connectivity index (χ2v) is 8.35. The molecule has 33 heavy (non-hydrogen) atoms. The van der Waals surface area contributed by atoms with Gasteiger partial charge in [-0.2, -0.15) is 0 Å². The number of benzene rings is 2. The van der Waals surface area contributed by atoms with E-state index in [-0.39, 0.29) is 17.4 Å². The molecule has 0 saturated carbocycles. The number of fused-ring (bicyclic) bond motifs is 1. The van der Waals surface area contributed by atoms with Gasteiger partial charge in [-0.3, -0.25) is 9.59 Å². The van der Waals surface area contributed by atoms with E-state index in [9.17, 15) is 9.59 Å². The molecule has 0 unspecified atom stereocenters. The van der Waals surface area contributed by atoms with E-state index < -0.39 is 0 Å². The van der Waals surface area contributed by atoms with Crippen molar-refractivity contribution in [2.24, 2.45) is 0 Å². The number of nitrogens with one attached hydrogen (secondary N) is 1. The first-order valence-electron chi connectivity index (χ1n) is 11.3. The van der Waals surface area contributed by atoms with Gasteiger partial charge >= 0.3 is 0 Å². The number of aromatic amines is 1. The number of hydrogen-bond acceptors (Lipinski definition) is 6. The van der Waals surface area contributed by atoms with Crippen molar-refractivity contribution in [3.63, 3.8) is 0 Å². The van der Waals surface area contributed by atoms with Gasteiger partial charge in [0, 0.05) is 37.4 Å². The van der Waals surface area contributed by atoms with Crippen LogP contribution in [0.5, 0.6) is 0 Å². The van der Waals surface area contributed by atoms with Gasteiger partial charge in [0.05, 0.1) is 10.9 Å². The number of carbonyl (C=O) groups excluding carboxylic acids is 1. The van der Waals surface area contributed by atoms with Gasteiger partial charge in [0.2, 0.25) is 17.7 Å². The number of H-pyrrole nitrogens is 1. The molecule has 1 fully saturated rings. The Bertz CT molecular complexity index is 1310. The Hall–Kier alpha value is -3.81. The van der Waals surface area contributed by atoms with E-state index in [4.69, 9.17) is 4.42 Å². The van der Waals surface area contributed by atoms with Gasteiger partial charge in [0.25, 0.3) is 5.56 Å². The third-order valence-electron chi connectivity index (χ3n) is 6.12. The number of amides is 1. The average Bonchev–Trinajstić information content (AvgIpc) is 3.35. The van der Waals surface area contributed by atoms with Crippen LogP contribution in [-0.4, -0.2) is 44.1 Å². The second kappa shape index (κ2) is 9.36. The minimum Gasteiger partial charge on any atom is -0.420 e. The summed E-state index contributed by atoms with van der Waals surface area (Å²) in [7, 11) is 0. The van der Waals surface area contributed by atoms with E-state index >= 15 is 0 Å². The van der Waals surface area contributed by atoms with Crippen molar-refractivity contribution < 1.29 is 9.21 Å². The molecule has 0 radical (unpaired) electrons. The van der Waals surface area contributed by atoms with Crippen LogP contribution < -0.4 is 5.56 Å². The lowest BCUT2D eigenvalue weighted by molar-refractivity contribution is -0.132. The molecule has 1 saturated heterocycles. The molecule has 4 aromatic rings. The maximum absolute atomic E-state index is 12.7. The molecule has 5 rings (SSSR count). The topological polar surface area (TPSA) is 105 Å². The third kappa shape index (κ3) is 4.69. The summed E-state index contributed by atoms with van der Waals surface area (Å²) >= 11 is 0. The first kappa shape index (κ1) is 21.1. The highest BCUT2D eigenvalue weighted by Crippen LogP contribution is 2.29. The fourth-order valence-corrected chi connectivity index (χ4v) is 4.29. The summed E-state index contributed by atoms with van der Waals surface area (Å²) in [6, 6.07) is 17.0. The molecule has 1 aliphatic heterocycles. The van der Waals surface area contributed by atoms with Gasteiger partial charge in [0.15, 0.2) is 0 Å². The lowest BCUT2D eigenvalue weighted by Crippen LogP contribution is -2.37. The molecule has 2 aromatic heterocycles. The van der Waals surface area contributed by atoms with Crippen LogP contribution >= 0.6 is 0 Å². The first-order valence-corrected chi connectivity index (χ1v) is 11.3. The monoisotopic (exact) mass is 443 g/mol. The molecule has 2 aromatic carbocycles. The van der Waals surface area contributed by atoms with E-state index in [1.165, 1.54) is 0 Å². The summed E-state index contributed by atoms with van der Waals surface area (Å²) in [6.45, 7) is 1.36. The molecule has 1 amide bonds. The first-order chi connectivity index (χ1) is 16.2. The van der Waals surface area contributed by atoms with Gasteiger partial charge in [-0.1, -0.05) is 30.3 Å². The smallest absolute Gasteiger partial charge is 0.258 e. The maximum atomic E-state index is 12.7. The van der Waals surface area contributed by atoms with Crippen LogP contribution in [0.4, 0.5) is 0 Å². The van der Waals surface area contributed by atoms with Gasteiger partial charge in [-0.05, 0) is 43.5 Å². The van der Waals surface area contributed by atoms with E-state index in [1.54, 1.807) is 6.07 Å². The summed E-state index contributed by atoms with van der Waals surface area (Å²) in [5.41, 5.74) is 1.45. The van der Waals surface area contributed by atoms with Crippen molar-refractivity contribution in [3.05, 3.63) is 76.7 Å². The summed E-state index contributed by atoms with van der Waals surface area (Å²) in [5.74, 6) is 2.10. The van der Waals surface area contributed by atoms with Crippen LogP contribution in [0.3, 0.4) is 0 Å². The predicted molar refractivity (Wildman–Crippen MR) is 124 cm³/mol. The quantitative estimate of drug-likeness (QED) is 0.487. The molecule has 0 aliphatic carbocycles. The summed E-state index contributed by atoms with van der Waals surface area (Å²) in [5, 5.41) is 9.00. The average molecular weight is 444 g/mol. The second-order valence-electron chi connectivity index (χ2n) is 8.35. The highest BCUT2D eigenvalue weighted by Gasteiger charge is 2.27. The lowest BCUT2D eigenvalue weighted by atomic mass is 9.96. The lowest BCUT2D eigenvalue weighted by Gasteiger charge is -2.30. The number of aromatic nitrogens is 4. The normalized spacial score (nSPS) is 14.6. The van der Waals surface area contributed by atoms with Crippen molar-refractivity contribution >= 4 is 16.8 Å². The van der Waals surface area contributed by atoms with E-state index in [0.29, 0.717) is 60.9 Å². The molecule has 0 atom stereocenters. The number of hydrogen-bond donors (Lipinski definition) is 1. The molecule has 3 heterocycles. The highest BCUT2D eigenvalue weighted by atomic mass is 16.4. The number of carbonyl (C=O) groups is 1. The zero-order chi connectivity index (χ0) is 22.6. The summed E-state index contributed by atoms with van der Waals surface area (Å²) in [4.78, 5) is 34.1. The van der Waals surface area contributed by atoms with Crippen LogP contribution in [0.25, 0.3) is 22.4 Å². The Morgan fingerprint density at radius 1 is 1.03 bits per heavy atom. The van der Waals surface area contributed by atoms with Crippen molar-refractivity contribution in [1.29, 1.82) is 0 Å². The molecule has 8 heteroatoms. The fourth-order valence-electron chi connectivity index (χ4n) is 4.29. The minimum absolute atomic E-state index is 0.132. The van der Waals surface area contributed by atoms with E-state index in [2.05, 4.69) is 20.2 Å². The van der Waals surface area contributed by atoms with Crippen LogP contribution in [0.1, 0.15) is 43.3 Å². The number of aryl methyl sites for hydroxylation is 1. The molecule has 0 spiro atoms. The Morgan fingerprint density at radius 3 is 2.61 bits per heavy atom. The number of likely N-dealkylation sites (tertiary alicyclic amines) is 1. The van der Waals surface area contributed by atoms with Crippen molar-refractivity contribution in [3.8, 4) is 11.5 Å². The van der Waals surface area contributed by atoms with Crippen LogP contribution in [0.2, 0.25) is 0 Å². The highest BCUT2D eigenvalue weighted by molar-refractivity contribution is 5.77. The Morgan fingerprint density at radius 2 is 1.79 bits per heavy atom. The zero-order valence-corrected chi connectivity index (χ0v) is 18.2. The number of para-hydroxylation sites is 1. The van der Waals surface area contributed by atoms with Crippen LogP contribution in [-0.2, 0) is 11.2 Å². The molecule has 168 valence electrons. The molecular formula is C25H25N5O3. The molecule has 1 aliphatic rings. The predicted octanol–water partition coefficient (Wildman–Crippen LogP) is 3.70. The minimum atomic E-state index is -0.138. The SMILES string of the molecule is O=C(CCCc1nc2ccccc2c(=O)[nH]1)N1CCC(c2nnc(-c3ccccc3)o2)CC1. The van der Waals surface area contributed by atoms with Gasteiger partial charge in [-0.15, -0.1) is 10.2 Å². The number of piperidine rings is 1. The summed E-state index contributed by atoms with van der Waals surface area (Å²) < 4.78 is 5.90. The largest absolute Gasteiger partial charge is 0.420 e. The number of rotatable bonds is 6. The van der Waals surface area contributed by atoms with Gasteiger partial charge < -0.3 is 14.3 Å². The number of nitrogens with zero attached hydrogens (tertiary/aromatic N) is 4. The Kier molecular flexibility index (Phi) is 5.97. The van der Waals surface area contributed by atoms with Gasteiger partial charge in [-0.25, -0.2) is 4.98 Å². The van der Waals surface area contributed by atoms with E-state index in [1.807, 2.05) is 53.4 Å². The van der Waals surface area contributed by atoms with Crippen molar-refractivity contribution in [2.75, 3.05) is 13.1 Å². The van der Waals surface area contributed by atoms with Crippen LogP contribution in [0, 0.1) is 0 Å². The molecular weight excluding hydrogens is 418 g/mol. The van der Waals surface area contributed by atoms with Gasteiger partial charge in [0.1, 0.15) is 5.82 Å². The zero-order valence-electron chi connectivity index (χ0n) is 18.2. The fraction of sp³-hybridized carbons (Fsp3) is 0.320. The molecule has 0 bridgehead atoms. The standard InChI is InChI=1S/C25H25N5O3/c31-22(12-6-11-21-26-20-10-5-4-9-19(20)23(32)27-21)30-15-13-18(14-16-30)25-29-28-24(33-25)17-7-2-1-3-8-17/h1-5,7-10,18H,6,11-16H2,(H,26,27,32).